The molecule has 0 aromatic carbocycles. The van der Waals surface area contributed by atoms with Crippen molar-refractivity contribution in [3.63, 3.8) is 0 Å². The molecule has 2 fully saturated rings. The van der Waals surface area contributed by atoms with Gasteiger partial charge in [-0.2, -0.15) is 13.2 Å². The summed E-state index contributed by atoms with van der Waals surface area (Å²) in [5.41, 5.74) is 0.949. The van der Waals surface area contributed by atoms with Gasteiger partial charge in [0.15, 0.2) is 0 Å². The normalized spacial score (nSPS) is 30.9. The maximum Gasteiger partial charge on any atom is 0.395 e. The Kier molecular flexibility index (Phi) is 4.85. The summed E-state index contributed by atoms with van der Waals surface area (Å²) in [6.45, 7) is 6.60. The number of fused-ring (bicyclic) bond motifs is 1. The lowest BCUT2D eigenvalue weighted by Crippen LogP contribution is -2.46. The summed E-state index contributed by atoms with van der Waals surface area (Å²) in [6.07, 6.45) is 4.00. The lowest BCUT2D eigenvalue weighted by atomic mass is 9.90. The van der Waals surface area contributed by atoms with E-state index in [-0.39, 0.29) is 12.3 Å². The van der Waals surface area contributed by atoms with Crippen molar-refractivity contribution in [2.45, 2.75) is 31.5 Å². The van der Waals surface area contributed by atoms with E-state index in [4.69, 9.17) is 0 Å². The number of amides is 1. The highest BCUT2D eigenvalue weighted by atomic mass is 19.4. The molecule has 2 saturated heterocycles. The van der Waals surface area contributed by atoms with Gasteiger partial charge in [0.25, 0.3) is 0 Å². The summed E-state index contributed by atoms with van der Waals surface area (Å²) in [6, 6.07) is 0.303. The minimum atomic E-state index is -4.16. The summed E-state index contributed by atoms with van der Waals surface area (Å²) in [5, 5.41) is 0. The van der Waals surface area contributed by atoms with Crippen molar-refractivity contribution in [2.75, 3.05) is 26.2 Å². The van der Waals surface area contributed by atoms with Crippen molar-refractivity contribution in [3.8, 4) is 0 Å². The zero-order valence-corrected chi connectivity index (χ0v) is 13.6. The van der Waals surface area contributed by atoms with Crippen molar-refractivity contribution < 1.29 is 18.0 Å². The molecule has 3 rings (SSSR count). The van der Waals surface area contributed by atoms with E-state index in [0.717, 1.165) is 31.5 Å². The highest BCUT2D eigenvalue weighted by Gasteiger charge is 2.41. The van der Waals surface area contributed by atoms with Gasteiger partial charge in [-0.15, -0.1) is 0 Å². The average Bonchev–Trinajstić information content (AvgIpc) is 2.99. The Bertz CT molecular complexity index is 567. The molecule has 1 amide bonds. The number of allylic oxidation sites excluding steroid dienone is 2. The van der Waals surface area contributed by atoms with Crippen molar-refractivity contribution in [1.82, 2.24) is 9.80 Å². The number of carbonyl (C=O) groups excluding carboxylic acids is 1. The van der Waals surface area contributed by atoms with Gasteiger partial charge in [-0.1, -0.05) is 24.8 Å². The number of carbonyl (C=O) groups is 1. The van der Waals surface area contributed by atoms with Crippen LogP contribution in [0.5, 0.6) is 0 Å². The van der Waals surface area contributed by atoms with E-state index in [0.29, 0.717) is 25.0 Å². The molecular formula is C18H23F3N2O. The van der Waals surface area contributed by atoms with Crippen LogP contribution in [0.4, 0.5) is 13.2 Å². The van der Waals surface area contributed by atoms with Crippen LogP contribution in [0.2, 0.25) is 0 Å². The summed E-state index contributed by atoms with van der Waals surface area (Å²) >= 11 is 0. The Balaban J connectivity index is 1.62. The third kappa shape index (κ3) is 3.58. The van der Waals surface area contributed by atoms with Crippen LogP contribution >= 0.6 is 0 Å². The smallest absolute Gasteiger partial charge is 0.337 e. The SMILES string of the molecule is C=CC(=O)N1C[C@@H]2CCCN(CC3=CCC(C(F)(F)F)C=C3)[C@@H]2C1. The first-order valence-electron chi connectivity index (χ1n) is 8.48. The largest absolute Gasteiger partial charge is 0.395 e. The molecule has 2 aliphatic heterocycles. The van der Waals surface area contributed by atoms with Crippen LogP contribution in [0.1, 0.15) is 19.3 Å². The monoisotopic (exact) mass is 340 g/mol. The van der Waals surface area contributed by atoms with E-state index in [1.165, 1.54) is 12.2 Å². The fourth-order valence-electron chi connectivity index (χ4n) is 4.04. The van der Waals surface area contributed by atoms with Crippen molar-refractivity contribution >= 4 is 5.91 Å². The minimum Gasteiger partial charge on any atom is -0.337 e. The lowest BCUT2D eigenvalue weighted by molar-refractivity contribution is -0.160. The molecule has 3 atom stereocenters. The number of halogens is 3. The lowest BCUT2D eigenvalue weighted by Gasteiger charge is -2.37. The second-order valence-corrected chi connectivity index (χ2v) is 6.91. The molecule has 0 bridgehead atoms. The zero-order valence-electron chi connectivity index (χ0n) is 13.6. The Morgan fingerprint density at radius 1 is 1.38 bits per heavy atom. The van der Waals surface area contributed by atoms with Gasteiger partial charge in [0.2, 0.25) is 5.91 Å². The van der Waals surface area contributed by atoms with Crippen LogP contribution in [-0.4, -0.2) is 54.1 Å². The summed E-state index contributed by atoms with van der Waals surface area (Å²) in [4.78, 5) is 16.0. The van der Waals surface area contributed by atoms with E-state index >= 15 is 0 Å². The van der Waals surface area contributed by atoms with Gasteiger partial charge in [-0.25, -0.2) is 0 Å². The molecule has 0 saturated carbocycles. The van der Waals surface area contributed by atoms with Crippen LogP contribution in [-0.2, 0) is 4.79 Å². The Labute approximate surface area is 140 Å². The number of likely N-dealkylation sites (tertiary alicyclic amines) is 2. The molecule has 1 unspecified atom stereocenters. The Hall–Kier alpha value is -1.56. The topological polar surface area (TPSA) is 23.6 Å². The van der Waals surface area contributed by atoms with Crippen LogP contribution in [0.15, 0.2) is 36.5 Å². The molecular weight excluding hydrogens is 317 g/mol. The maximum atomic E-state index is 12.7. The number of hydrogen-bond acceptors (Lipinski definition) is 2. The molecule has 132 valence electrons. The number of piperidine rings is 1. The van der Waals surface area contributed by atoms with Gasteiger partial charge >= 0.3 is 6.18 Å². The molecule has 0 spiro atoms. The Morgan fingerprint density at radius 2 is 2.17 bits per heavy atom. The quantitative estimate of drug-likeness (QED) is 0.737. The van der Waals surface area contributed by atoms with E-state index in [1.807, 2.05) is 4.90 Å². The third-order valence-corrected chi connectivity index (χ3v) is 5.36. The van der Waals surface area contributed by atoms with E-state index in [9.17, 15) is 18.0 Å². The van der Waals surface area contributed by atoms with Crippen LogP contribution in [0.3, 0.4) is 0 Å². The highest BCUT2D eigenvalue weighted by molar-refractivity contribution is 5.87. The predicted octanol–water partition coefficient (Wildman–Crippen LogP) is 3.16. The molecule has 6 heteroatoms. The van der Waals surface area contributed by atoms with Crippen LogP contribution in [0, 0.1) is 11.8 Å². The Morgan fingerprint density at radius 3 is 2.79 bits per heavy atom. The van der Waals surface area contributed by atoms with E-state index in [2.05, 4.69) is 11.5 Å². The molecule has 0 aromatic heterocycles. The minimum absolute atomic E-state index is 0.0261. The number of hydrogen-bond donors (Lipinski definition) is 0. The van der Waals surface area contributed by atoms with Crippen LogP contribution < -0.4 is 0 Å². The molecule has 3 aliphatic rings. The molecule has 0 aromatic rings. The van der Waals surface area contributed by atoms with Gasteiger partial charge in [-0.3, -0.25) is 9.69 Å². The third-order valence-electron chi connectivity index (χ3n) is 5.36. The molecule has 24 heavy (non-hydrogen) atoms. The van der Waals surface area contributed by atoms with Crippen molar-refractivity contribution in [3.05, 3.63) is 36.5 Å². The predicted molar refractivity (Wildman–Crippen MR) is 86.2 cm³/mol. The standard InChI is InChI=1S/C18H23F3N2O/c1-2-17(24)23-11-14-4-3-9-22(16(14)12-23)10-13-5-7-15(8-6-13)18(19,20)21/h2,5-7,14-16H,1,3-4,8-12H2/t14-,15?,16+/m0/s1. The summed E-state index contributed by atoms with van der Waals surface area (Å²) in [7, 11) is 0. The van der Waals surface area contributed by atoms with E-state index in [1.54, 1.807) is 12.2 Å². The average molecular weight is 340 g/mol. The number of nitrogens with zero attached hydrogens (tertiary/aromatic N) is 2. The van der Waals surface area contributed by atoms with Gasteiger partial charge in [0.1, 0.15) is 0 Å². The van der Waals surface area contributed by atoms with Gasteiger partial charge in [0.05, 0.1) is 5.92 Å². The summed E-state index contributed by atoms with van der Waals surface area (Å²) < 4.78 is 38.2. The van der Waals surface area contributed by atoms with Gasteiger partial charge in [-0.05, 0) is 43.4 Å². The highest BCUT2D eigenvalue weighted by Crippen LogP contribution is 2.35. The fourth-order valence-corrected chi connectivity index (χ4v) is 4.04. The van der Waals surface area contributed by atoms with Crippen molar-refractivity contribution in [1.29, 1.82) is 0 Å². The second-order valence-electron chi connectivity index (χ2n) is 6.91. The molecule has 0 N–H and O–H groups in total. The zero-order chi connectivity index (χ0) is 17.3. The first-order valence-corrected chi connectivity index (χ1v) is 8.48. The van der Waals surface area contributed by atoms with E-state index < -0.39 is 12.1 Å². The second kappa shape index (κ2) is 6.75. The summed E-state index contributed by atoms with van der Waals surface area (Å²) in [5.74, 6) is -0.935. The molecule has 1 aliphatic carbocycles. The van der Waals surface area contributed by atoms with Crippen LogP contribution in [0.25, 0.3) is 0 Å². The fraction of sp³-hybridized carbons (Fsp3) is 0.611. The van der Waals surface area contributed by atoms with Crippen molar-refractivity contribution in [2.24, 2.45) is 11.8 Å². The van der Waals surface area contributed by atoms with Gasteiger partial charge in [0, 0.05) is 25.7 Å². The first kappa shape index (κ1) is 17.3. The molecule has 3 nitrogen and oxygen atoms in total. The number of alkyl halides is 3. The maximum absolute atomic E-state index is 12.7. The van der Waals surface area contributed by atoms with Gasteiger partial charge < -0.3 is 4.90 Å². The number of rotatable bonds is 3. The molecule has 2 heterocycles. The first-order chi connectivity index (χ1) is 11.4. The molecule has 0 radical (unpaired) electrons.